The van der Waals surface area contributed by atoms with E-state index in [1.807, 2.05) is 6.92 Å². The van der Waals surface area contributed by atoms with Crippen molar-refractivity contribution < 1.29 is 0 Å². The molecule has 5 heteroatoms. The lowest BCUT2D eigenvalue weighted by Crippen LogP contribution is -2.21. The standard InChI is InChI=1S/C8H14N2S.2ClH/c1-6(2)9-4-8-5-11-7(3)10-8;;/h5-6,9H,4H2,1-3H3;2*1H. The Morgan fingerprint density at radius 1 is 1.46 bits per heavy atom. The van der Waals surface area contributed by atoms with Gasteiger partial charge in [-0.25, -0.2) is 4.98 Å². The molecular formula is C8H16Cl2N2S. The number of nitrogens with one attached hydrogen (secondary N) is 1. The summed E-state index contributed by atoms with van der Waals surface area (Å²) in [6.07, 6.45) is 0. The number of hydrogen-bond donors (Lipinski definition) is 1. The van der Waals surface area contributed by atoms with Gasteiger partial charge >= 0.3 is 0 Å². The summed E-state index contributed by atoms with van der Waals surface area (Å²) in [6, 6.07) is 0.539. The van der Waals surface area contributed by atoms with Gasteiger partial charge < -0.3 is 5.32 Å². The van der Waals surface area contributed by atoms with Crippen molar-refractivity contribution in [1.29, 1.82) is 0 Å². The van der Waals surface area contributed by atoms with Crippen LogP contribution in [0.5, 0.6) is 0 Å². The predicted octanol–water partition coefficient (Wildman–Crippen LogP) is 2.79. The van der Waals surface area contributed by atoms with Gasteiger partial charge in [0.15, 0.2) is 0 Å². The second-order valence-electron chi connectivity index (χ2n) is 2.89. The molecule has 0 atom stereocenters. The van der Waals surface area contributed by atoms with Gasteiger partial charge in [0.1, 0.15) is 0 Å². The monoisotopic (exact) mass is 242 g/mol. The van der Waals surface area contributed by atoms with E-state index in [1.54, 1.807) is 11.3 Å². The van der Waals surface area contributed by atoms with E-state index in [9.17, 15) is 0 Å². The van der Waals surface area contributed by atoms with Crippen LogP contribution in [0.2, 0.25) is 0 Å². The summed E-state index contributed by atoms with van der Waals surface area (Å²) in [5, 5.41) is 6.57. The van der Waals surface area contributed by atoms with Crippen LogP contribution in [0.4, 0.5) is 0 Å². The molecule has 0 radical (unpaired) electrons. The van der Waals surface area contributed by atoms with Crippen LogP contribution in [-0.4, -0.2) is 11.0 Å². The van der Waals surface area contributed by atoms with Crippen molar-refractivity contribution in [3.8, 4) is 0 Å². The normalized spacial score (nSPS) is 9.23. The van der Waals surface area contributed by atoms with E-state index in [0.29, 0.717) is 6.04 Å². The zero-order valence-corrected chi connectivity index (χ0v) is 10.5. The molecule has 13 heavy (non-hydrogen) atoms. The molecule has 1 aromatic rings. The van der Waals surface area contributed by atoms with Crippen LogP contribution in [0.25, 0.3) is 0 Å². The molecule has 1 heterocycles. The van der Waals surface area contributed by atoms with Gasteiger partial charge in [-0.3, -0.25) is 0 Å². The summed E-state index contributed by atoms with van der Waals surface area (Å²) < 4.78 is 0. The molecule has 78 valence electrons. The van der Waals surface area contributed by atoms with Crippen molar-refractivity contribution in [1.82, 2.24) is 10.3 Å². The number of rotatable bonds is 3. The van der Waals surface area contributed by atoms with E-state index in [-0.39, 0.29) is 24.8 Å². The summed E-state index contributed by atoms with van der Waals surface area (Å²) in [5.74, 6) is 0. The van der Waals surface area contributed by atoms with Crippen LogP contribution in [-0.2, 0) is 6.54 Å². The first-order valence-electron chi connectivity index (χ1n) is 3.83. The summed E-state index contributed by atoms with van der Waals surface area (Å²) >= 11 is 1.70. The molecule has 0 bridgehead atoms. The van der Waals surface area contributed by atoms with Crippen molar-refractivity contribution >= 4 is 36.2 Å². The Morgan fingerprint density at radius 2 is 2.08 bits per heavy atom. The fourth-order valence-electron chi connectivity index (χ4n) is 0.798. The second kappa shape index (κ2) is 7.56. The SMILES string of the molecule is Cc1nc(CNC(C)C)cs1.Cl.Cl. The summed E-state index contributed by atoms with van der Waals surface area (Å²) in [4.78, 5) is 4.34. The minimum atomic E-state index is 0. The van der Waals surface area contributed by atoms with Gasteiger partial charge in [-0.2, -0.15) is 0 Å². The van der Waals surface area contributed by atoms with Crippen molar-refractivity contribution in [2.75, 3.05) is 0 Å². The van der Waals surface area contributed by atoms with E-state index < -0.39 is 0 Å². The van der Waals surface area contributed by atoms with Crippen molar-refractivity contribution in [3.05, 3.63) is 16.1 Å². The fourth-order valence-corrected chi connectivity index (χ4v) is 1.41. The molecule has 0 aliphatic heterocycles. The van der Waals surface area contributed by atoms with E-state index in [0.717, 1.165) is 17.2 Å². The maximum Gasteiger partial charge on any atom is 0.0897 e. The van der Waals surface area contributed by atoms with Crippen LogP contribution in [0, 0.1) is 6.92 Å². The Hall–Kier alpha value is 0.170. The topological polar surface area (TPSA) is 24.9 Å². The first-order valence-corrected chi connectivity index (χ1v) is 4.71. The molecule has 0 amide bonds. The first kappa shape index (κ1) is 15.6. The highest BCUT2D eigenvalue weighted by Crippen LogP contribution is 2.07. The molecule has 1 aromatic heterocycles. The van der Waals surface area contributed by atoms with Crippen molar-refractivity contribution in [2.45, 2.75) is 33.4 Å². The van der Waals surface area contributed by atoms with E-state index in [4.69, 9.17) is 0 Å². The number of aromatic nitrogens is 1. The van der Waals surface area contributed by atoms with Crippen molar-refractivity contribution in [2.24, 2.45) is 0 Å². The van der Waals surface area contributed by atoms with Gasteiger partial charge in [-0.1, -0.05) is 13.8 Å². The van der Waals surface area contributed by atoms with E-state index in [1.165, 1.54) is 0 Å². The summed E-state index contributed by atoms with van der Waals surface area (Å²) in [5.41, 5.74) is 1.15. The highest BCUT2D eigenvalue weighted by atomic mass is 35.5. The number of halogens is 2. The molecule has 0 fully saturated rings. The lowest BCUT2D eigenvalue weighted by Gasteiger charge is -2.04. The Kier molecular flexibility index (Phi) is 9.09. The van der Waals surface area contributed by atoms with Gasteiger partial charge in [-0.05, 0) is 6.92 Å². The summed E-state index contributed by atoms with van der Waals surface area (Å²) in [7, 11) is 0. The smallest absolute Gasteiger partial charge is 0.0897 e. The molecule has 0 aromatic carbocycles. The first-order chi connectivity index (χ1) is 5.18. The van der Waals surface area contributed by atoms with Crippen LogP contribution in [0.15, 0.2) is 5.38 Å². The Bertz CT molecular complexity index is 226. The number of nitrogens with zero attached hydrogens (tertiary/aromatic N) is 1. The van der Waals surface area contributed by atoms with Gasteiger partial charge in [0.05, 0.1) is 10.7 Å². The summed E-state index contributed by atoms with van der Waals surface area (Å²) in [6.45, 7) is 7.20. The minimum Gasteiger partial charge on any atom is -0.309 e. The zero-order valence-electron chi connectivity index (χ0n) is 8.03. The molecule has 0 saturated heterocycles. The third-order valence-electron chi connectivity index (χ3n) is 1.36. The lowest BCUT2D eigenvalue weighted by atomic mass is 10.4. The second-order valence-corrected chi connectivity index (χ2v) is 3.96. The molecule has 0 spiro atoms. The average molecular weight is 243 g/mol. The maximum absolute atomic E-state index is 4.34. The van der Waals surface area contributed by atoms with Gasteiger partial charge in [-0.15, -0.1) is 36.2 Å². The van der Waals surface area contributed by atoms with E-state index in [2.05, 4.69) is 29.5 Å². The van der Waals surface area contributed by atoms with Crippen molar-refractivity contribution in [3.63, 3.8) is 0 Å². The molecule has 1 N–H and O–H groups in total. The minimum absolute atomic E-state index is 0. The van der Waals surface area contributed by atoms with Gasteiger partial charge in [0.25, 0.3) is 0 Å². The maximum atomic E-state index is 4.34. The largest absolute Gasteiger partial charge is 0.309 e. The quantitative estimate of drug-likeness (QED) is 0.883. The average Bonchev–Trinajstić information content (AvgIpc) is 2.31. The van der Waals surface area contributed by atoms with Crippen LogP contribution < -0.4 is 5.32 Å². The number of hydrogen-bond acceptors (Lipinski definition) is 3. The lowest BCUT2D eigenvalue weighted by molar-refractivity contribution is 0.582. The number of aryl methyl sites for hydroxylation is 1. The molecule has 2 nitrogen and oxygen atoms in total. The van der Waals surface area contributed by atoms with Crippen LogP contribution >= 0.6 is 36.2 Å². The van der Waals surface area contributed by atoms with Crippen LogP contribution in [0.3, 0.4) is 0 Å². The highest BCUT2D eigenvalue weighted by molar-refractivity contribution is 7.09. The molecular weight excluding hydrogens is 227 g/mol. The molecule has 0 unspecified atom stereocenters. The molecule has 0 aliphatic rings. The number of thiazole rings is 1. The van der Waals surface area contributed by atoms with Gasteiger partial charge in [0, 0.05) is 18.0 Å². The Labute approximate surface area is 96.0 Å². The molecule has 0 aliphatic carbocycles. The highest BCUT2D eigenvalue weighted by Gasteiger charge is 1.97. The molecule has 1 rings (SSSR count). The fraction of sp³-hybridized carbons (Fsp3) is 0.625. The third kappa shape index (κ3) is 6.27. The van der Waals surface area contributed by atoms with E-state index >= 15 is 0 Å². The predicted molar refractivity (Wildman–Crippen MR) is 63.3 cm³/mol. The molecule has 0 saturated carbocycles. The zero-order chi connectivity index (χ0) is 8.27. The Morgan fingerprint density at radius 3 is 2.46 bits per heavy atom. The Balaban J connectivity index is 0. The third-order valence-corrected chi connectivity index (χ3v) is 2.18. The van der Waals surface area contributed by atoms with Crippen LogP contribution in [0.1, 0.15) is 24.5 Å². The van der Waals surface area contributed by atoms with Gasteiger partial charge in [0.2, 0.25) is 0 Å².